The van der Waals surface area contributed by atoms with E-state index < -0.39 is 0 Å². The van der Waals surface area contributed by atoms with Gasteiger partial charge >= 0.3 is 0 Å². The third-order valence-corrected chi connectivity index (χ3v) is 3.99. The van der Waals surface area contributed by atoms with Gasteiger partial charge in [0.15, 0.2) is 5.82 Å². The largest absolute Gasteiger partial charge is 0.355 e. The SMILES string of the molecule is CN(c1ccc(CNC(C)(C)C)nn1)C1CCCCC1. The van der Waals surface area contributed by atoms with Gasteiger partial charge < -0.3 is 10.2 Å². The summed E-state index contributed by atoms with van der Waals surface area (Å²) in [6.07, 6.45) is 6.64. The van der Waals surface area contributed by atoms with Crippen LogP contribution >= 0.6 is 0 Å². The zero-order chi connectivity index (χ0) is 14.6. The molecule has 0 saturated heterocycles. The number of nitrogens with zero attached hydrogens (tertiary/aromatic N) is 3. The number of rotatable bonds is 4. The predicted molar refractivity (Wildman–Crippen MR) is 83.9 cm³/mol. The first kappa shape index (κ1) is 15.2. The van der Waals surface area contributed by atoms with Crippen LogP contribution in [0.25, 0.3) is 0 Å². The van der Waals surface area contributed by atoms with E-state index in [1.807, 2.05) is 0 Å². The maximum atomic E-state index is 4.39. The summed E-state index contributed by atoms with van der Waals surface area (Å²) in [7, 11) is 2.15. The van der Waals surface area contributed by atoms with Crippen LogP contribution in [0, 0.1) is 0 Å². The molecule has 0 radical (unpaired) electrons. The Bertz CT molecular complexity index is 401. The first-order valence-electron chi connectivity index (χ1n) is 7.76. The number of nitrogens with one attached hydrogen (secondary N) is 1. The number of anilines is 1. The molecule has 112 valence electrons. The average molecular weight is 276 g/mol. The van der Waals surface area contributed by atoms with Gasteiger partial charge in [-0.25, -0.2) is 0 Å². The number of hydrogen-bond donors (Lipinski definition) is 1. The van der Waals surface area contributed by atoms with E-state index in [4.69, 9.17) is 0 Å². The Labute approximate surface area is 123 Å². The maximum Gasteiger partial charge on any atom is 0.151 e. The molecule has 4 heteroatoms. The third-order valence-electron chi connectivity index (χ3n) is 3.99. The summed E-state index contributed by atoms with van der Waals surface area (Å²) in [6.45, 7) is 7.24. The molecule has 20 heavy (non-hydrogen) atoms. The molecule has 1 saturated carbocycles. The second-order valence-electron chi connectivity index (χ2n) is 6.89. The van der Waals surface area contributed by atoms with Crippen LogP contribution in [-0.4, -0.2) is 28.8 Å². The minimum Gasteiger partial charge on any atom is -0.355 e. The van der Waals surface area contributed by atoms with Gasteiger partial charge in [-0.05, 0) is 45.7 Å². The van der Waals surface area contributed by atoms with E-state index in [9.17, 15) is 0 Å². The van der Waals surface area contributed by atoms with Crippen molar-refractivity contribution < 1.29 is 0 Å². The molecule has 1 aromatic rings. The molecule has 1 aromatic heterocycles. The number of aromatic nitrogens is 2. The Balaban J connectivity index is 1.93. The lowest BCUT2D eigenvalue weighted by atomic mass is 9.94. The molecule has 1 fully saturated rings. The topological polar surface area (TPSA) is 41.0 Å². The fraction of sp³-hybridized carbons (Fsp3) is 0.750. The zero-order valence-electron chi connectivity index (χ0n) is 13.3. The lowest BCUT2D eigenvalue weighted by Crippen LogP contribution is -2.36. The molecular weight excluding hydrogens is 248 g/mol. The summed E-state index contributed by atoms with van der Waals surface area (Å²) in [4.78, 5) is 2.30. The van der Waals surface area contributed by atoms with E-state index in [0.29, 0.717) is 6.04 Å². The molecule has 0 bridgehead atoms. The second-order valence-corrected chi connectivity index (χ2v) is 6.89. The Hall–Kier alpha value is -1.16. The summed E-state index contributed by atoms with van der Waals surface area (Å²) >= 11 is 0. The van der Waals surface area contributed by atoms with Gasteiger partial charge in [0.25, 0.3) is 0 Å². The standard InChI is InChI=1S/C16H28N4/c1-16(2,3)17-12-13-10-11-15(19-18-13)20(4)14-8-6-5-7-9-14/h10-11,14,17H,5-9,12H2,1-4H3. The van der Waals surface area contributed by atoms with Crippen LogP contribution in [0.4, 0.5) is 5.82 Å². The molecule has 1 N–H and O–H groups in total. The smallest absolute Gasteiger partial charge is 0.151 e. The summed E-state index contributed by atoms with van der Waals surface area (Å²) in [5.41, 5.74) is 1.11. The summed E-state index contributed by atoms with van der Waals surface area (Å²) in [5, 5.41) is 12.2. The highest BCUT2D eigenvalue weighted by Gasteiger charge is 2.19. The van der Waals surface area contributed by atoms with E-state index in [1.54, 1.807) is 0 Å². The van der Waals surface area contributed by atoms with Gasteiger partial charge in [-0.1, -0.05) is 19.3 Å². The monoisotopic (exact) mass is 276 g/mol. The highest BCUT2D eigenvalue weighted by atomic mass is 15.3. The molecule has 1 aliphatic rings. The normalized spacial score (nSPS) is 17.2. The highest BCUT2D eigenvalue weighted by molar-refractivity contribution is 5.37. The van der Waals surface area contributed by atoms with Crippen molar-refractivity contribution in [3.8, 4) is 0 Å². The fourth-order valence-corrected chi connectivity index (χ4v) is 2.65. The molecule has 0 unspecified atom stereocenters. The van der Waals surface area contributed by atoms with Crippen LogP contribution in [0.1, 0.15) is 58.6 Å². The maximum absolute atomic E-state index is 4.39. The summed E-state index contributed by atoms with van der Waals surface area (Å²) < 4.78 is 0. The van der Waals surface area contributed by atoms with Crippen molar-refractivity contribution >= 4 is 5.82 Å². The molecular formula is C16H28N4. The first-order valence-corrected chi connectivity index (χ1v) is 7.76. The van der Waals surface area contributed by atoms with Crippen molar-refractivity contribution in [2.45, 2.75) is 71.0 Å². The van der Waals surface area contributed by atoms with Gasteiger partial charge in [-0.3, -0.25) is 0 Å². The quantitative estimate of drug-likeness (QED) is 0.917. The fourth-order valence-electron chi connectivity index (χ4n) is 2.65. The first-order chi connectivity index (χ1) is 9.46. The second kappa shape index (κ2) is 6.53. The minimum absolute atomic E-state index is 0.110. The summed E-state index contributed by atoms with van der Waals surface area (Å²) in [6, 6.07) is 4.82. The number of hydrogen-bond acceptors (Lipinski definition) is 4. The Morgan fingerprint density at radius 2 is 1.85 bits per heavy atom. The molecule has 1 aliphatic carbocycles. The van der Waals surface area contributed by atoms with Crippen LogP contribution in [0.3, 0.4) is 0 Å². The average Bonchev–Trinajstić information content (AvgIpc) is 2.45. The lowest BCUT2D eigenvalue weighted by molar-refractivity contribution is 0.418. The van der Waals surface area contributed by atoms with Crippen LogP contribution in [0.15, 0.2) is 12.1 Å². The summed E-state index contributed by atoms with van der Waals surface area (Å²) in [5.74, 6) is 0.997. The van der Waals surface area contributed by atoms with Gasteiger partial charge in [0.1, 0.15) is 0 Å². The van der Waals surface area contributed by atoms with Crippen molar-refractivity contribution in [2.24, 2.45) is 0 Å². The molecule has 0 aromatic carbocycles. The lowest BCUT2D eigenvalue weighted by Gasteiger charge is -2.31. The van der Waals surface area contributed by atoms with Crippen LogP contribution < -0.4 is 10.2 Å². The van der Waals surface area contributed by atoms with E-state index in [0.717, 1.165) is 18.1 Å². The van der Waals surface area contributed by atoms with Gasteiger partial charge in [-0.2, -0.15) is 5.10 Å². The van der Waals surface area contributed by atoms with Gasteiger partial charge in [0.05, 0.1) is 5.69 Å². The van der Waals surface area contributed by atoms with E-state index in [2.05, 4.69) is 60.4 Å². The highest BCUT2D eigenvalue weighted by Crippen LogP contribution is 2.24. The van der Waals surface area contributed by atoms with Crippen LogP contribution in [0.2, 0.25) is 0 Å². The molecule has 1 heterocycles. The van der Waals surface area contributed by atoms with Gasteiger partial charge in [0.2, 0.25) is 0 Å². The Morgan fingerprint density at radius 1 is 1.15 bits per heavy atom. The third kappa shape index (κ3) is 4.44. The minimum atomic E-state index is 0.110. The zero-order valence-corrected chi connectivity index (χ0v) is 13.3. The van der Waals surface area contributed by atoms with E-state index in [-0.39, 0.29) is 5.54 Å². The van der Waals surface area contributed by atoms with Crippen molar-refractivity contribution in [1.82, 2.24) is 15.5 Å². The van der Waals surface area contributed by atoms with Crippen LogP contribution in [0.5, 0.6) is 0 Å². The van der Waals surface area contributed by atoms with Crippen molar-refractivity contribution in [3.05, 3.63) is 17.8 Å². The molecule has 0 amide bonds. The van der Waals surface area contributed by atoms with Gasteiger partial charge in [0, 0.05) is 25.2 Å². The Morgan fingerprint density at radius 3 is 2.40 bits per heavy atom. The molecule has 4 nitrogen and oxygen atoms in total. The van der Waals surface area contributed by atoms with E-state index >= 15 is 0 Å². The molecule has 2 rings (SSSR count). The molecule has 0 spiro atoms. The van der Waals surface area contributed by atoms with Crippen molar-refractivity contribution in [2.75, 3.05) is 11.9 Å². The molecule has 0 atom stereocenters. The van der Waals surface area contributed by atoms with Crippen molar-refractivity contribution in [3.63, 3.8) is 0 Å². The van der Waals surface area contributed by atoms with E-state index in [1.165, 1.54) is 32.1 Å². The molecule has 0 aliphatic heterocycles. The van der Waals surface area contributed by atoms with Gasteiger partial charge in [-0.15, -0.1) is 5.10 Å². The predicted octanol–water partition coefficient (Wildman–Crippen LogP) is 3.13. The van der Waals surface area contributed by atoms with Crippen LogP contribution in [-0.2, 0) is 6.54 Å². The van der Waals surface area contributed by atoms with Crippen molar-refractivity contribution in [1.29, 1.82) is 0 Å². The Kier molecular flexibility index (Phi) is 4.97.